The second-order valence-corrected chi connectivity index (χ2v) is 12.8. The highest BCUT2D eigenvalue weighted by molar-refractivity contribution is 7.89. The highest BCUT2D eigenvalue weighted by Gasteiger charge is 2.22. The summed E-state index contributed by atoms with van der Waals surface area (Å²) in [5.41, 5.74) is 2.19. The van der Waals surface area contributed by atoms with E-state index in [4.69, 9.17) is 16.3 Å². The standard InChI is InChI=1S/C28H31ClN2O6S/c1-17-7-9-21(24(29)11-17)26(33)20-10-8-18(16-38(6,35)36)12-22(20)23-15-31(5)25(32)13-19(23)14-30-27(34)37-28(2,3)4/h7-13,15H,14,16H2,1-6H3,(H,30,34). The number of hydrogen-bond acceptors (Lipinski definition) is 6. The minimum atomic E-state index is -3.37. The zero-order valence-electron chi connectivity index (χ0n) is 22.2. The Balaban J connectivity index is 2.19. The van der Waals surface area contributed by atoms with Crippen LogP contribution in [0.25, 0.3) is 11.1 Å². The van der Waals surface area contributed by atoms with Crippen molar-refractivity contribution in [3.8, 4) is 11.1 Å². The summed E-state index contributed by atoms with van der Waals surface area (Å²) < 4.78 is 30.7. The van der Waals surface area contributed by atoms with Gasteiger partial charge in [0.1, 0.15) is 5.60 Å². The van der Waals surface area contributed by atoms with Crippen LogP contribution in [0.5, 0.6) is 0 Å². The Bertz CT molecular complexity index is 1570. The van der Waals surface area contributed by atoms with Crippen molar-refractivity contribution in [3.05, 3.63) is 91.9 Å². The summed E-state index contributed by atoms with van der Waals surface area (Å²) in [6, 6.07) is 11.2. The molecule has 0 fully saturated rings. The van der Waals surface area contributed by atoms with Gasteiger partial charge in [0.15, 0.2) is 15.6 Å². The van der Waals surface area contributed by atoms with Gasteiger partial charge in [-0.15, -0.1) is 0 Å². The monoisotopic (exact) mass is 558 g/mol. The van der Waals surface area contributed by atoms with Gasteiger partial charge in [-0.1, -0.05) is 29.8 Å². The van der Waals surface area contributed by atoms with Crippen molar-refractivity contribution in [1.29, 1.82) is 0 Å². The van der Waals surface area contributed by atoms with E-state index in [0.717, 1.165) is 11.8 Å². The fourth-order valence-corrected chi connectivity index (χ4v) is 5.00. The lowest BCUT2D eigenvalue weighted by atomic mass is 9.90. The largest absolute Gasteiger partial charge is 0.444 e. The number of ketones is 1. The number of aryl methyl sites for hydroxylation is 2. The number of alkyl carbamates (subject to hydrolysis) is 1. The third kappa shape index (κ3) is 7.55. The van der Waals surface area contributed by atoms with E-state index in [1.54, 1.807) is 70.4 Å². The zero-order valence-corrected chi connectivity index (χ0v) is 23.8. The van der Waals surface area contributed by atoms with Crippen LogP contribution in [-0.4, -0.2) is 36.7 Å². The van der Waals surface area contributed by atoms with E-state index < -0.39 is 21.5 Å². The van der Waals surface area contributed by atoms with Crippen LogP contribution >= 0.6 is 11.6 Å². The van der Waals surface area contributed by atoms with Crippen molar-refractivity contribution < 1.29 is 22.7 Å². The topological polar surface area (TPSA) is 112 Å². The van der Waals surface area contributed by atoms with Gasteiger partial charge in [0.25, 0.3) is 5.56 Å². The quantitative estimate of drug-likeness (QED) is 0.416. The molecule has 0 saturated carbocycles. The second kappa shape index (κ2) is 11.1. The molecule has 10 heteroatoms. The average molecular weight is 559 g/mol. The number of ether oxygens (including phenoxy) is 1. The summed E-state index contributed by atoms with van der Waals surface area (Å²) >= 11 is 6.40. The van der Waals surface area contributed by atoms with Crippen molar-refractivity contribution in [2.45, 2.75) is 45.6 Å². The number of hydrogen-bond donors (Lipinski definition) is 1. The van der Waals surface area contributed by atoms with E-state index in [9.17, 15) is 22.8 Å². The van der Waals surface area contributed by atoms with Crippen LogP contribution in [0.15, 0.2) is 53.5 Å². The molecule has 0 radical (unpaired) electrons. The Labute approximate surface area is 227 Å². The molecule has 1 N–H and O–H groups in total. The first-order valence-corrected chi connectivity index (χ1v) is 14.3. The predicted octanol–water partition coefficient (Wildman–Crippen LogP) is 4.81. The molecule has 1 aromatic heterocycles. The molecule has 0 saturated heterocycles. The van der Waals surface area contributed by atoms with E-state index in [1.165, 1.54) is 10.6 Å². The van der Waals surface area contributed by atoms with Crippen LogP contribution in [0, 0.1) is 6.92 Å². The lowest BCUT2D eigenvalue weighted by Crippen LogP contribution is -2.32. The molecule has 1 amide bonds. The van der Waals surface area contributed by atoms with Gasteiger partial charge in [-0.2, -0.15) is 0 Å². The Morgan fingerprint density at radius 3 is 2.29 bits per heavy atom. The lowest BCUT2D eigenvalue weighted by Gasteiger charge is -2.20. The summed E-state index contributed by atoms with van der Waals surface area (Å²) in [7, 11) is -1.81. The van der Waals surface area contributed by atoms with Gasteiger partial charge in [-0.3, -0.25) is 9.59 Å². The summed E-state index contributed by atoms with van der Waals surface area (Å²) in [5, 5.41) is 2.94. The van der Waals surface area contributed by atoms with E-state index >= 15 is 0 Å². The van der Waals surface area contributed by atoms with Crippen LogP contribution in [-0.2, 0) is 33.9 Å². The van der Waals surface area contributed by atoms with Crippen molar-refractivity contribution in [2.24, 2.45) is 7.05 Å². The maximum absolute atomic E-state index is 13.7. The van der Waals surface area contributed by atoms with Gasteiger partial charge < -0.3 is 14.6 Å². The van der Waals surface area contributed by atoms with Crippen LogP contribution in [0.3, 0.4) is 0 Å². The number of benzene rings is 2. The molecule has 0 aliphatic carbocycles. The molecule has 202 valence electrons. The first kappa shape index (κ1) is 29.1. The third-order valence-electron chi connectivity index (χ3n) is 5.55. The Morgan fingerprint density at radius 2 is 1.68 bits per heavy atom. The molecule has 3 rings (SSSR count). The number of nitrogens with one attached hydrogen (secondary N) is 1. The Morgan fingerprint density at radius 1 is 1.03 bits per heavy atom. The smallest absolute Gasteiger partial charge is 0.407 e. The van der Waals surface area contributed by atoms with Crippen LogP contribution < -0.4 is 10.9 Å². The fourth-order valence-electron chi connectivity index (χ4n) is 3.89. The molecule has 0 bridgehead atoms. The molecule has 2 aromatic carbocycles. The van der Waals surface area contributed by atoms with Gasteiger partial charge in [0, 0.05) is 48.8 Å². The molecule has 8 nitrogen and oxygen atoms in total. The number of nitrogens with zero attached hydrogens (tertiary/aromatic N) is 1. The summed E-state index contributed by atoms with van der Waals surface area (Å²) in [5.74, 6) is -0.604. The van der Waals surface area contributed by atoms with E-state index in [-0.39, 0.29) is 39.8 Å². The molecule has 0 aliphatic rings. The van der Waals surface area contributed by atoms with Gasteiger partial charge in [-0.25, -0.2) is 13.2 Å². The maximum atomic E-state index is 13.7. The normalized spacial score (nSPS) is 11.8. The van der Waals surface area contributed by atoms with Crippen LogP contribution in [0.1, 0.15) is 53.4 Å². The number of carbonyl (C=O) groups is 2. The van der Waals surface area contributed by atoms with Gasteiger partial charge in [0.05, 0.1) is 10.8 Å². The molecule has 1 heterocycles. The van der Waals surface area contributed by atoms with E-state index in [2.05, 4.69) is 5.32 Å². The van der Waals surface area contributed by atoms with Crippen molar-refractivity contribution in [3.63, 3.8) is 0 Å². The number of aromatic nitrogens is 1. The minimum Gasteiger partial charge on any atom is -0.444 e. The Hall–Kier alpha value is -3.43. The molecule has 0 aliphatic heterocycles. The number of carbonyl (C=O) groups excluding carboxylic acids is 2. The summed E-state index contributed by atoms with van der Waals surface area (Å²) in [6.45, 7) is 7.00. The maximum Gasteiger partial charge on any atom is 0.407 e. The number of pyridine rings is 1. The second-order valence-electron chi connectivity index (χ2n) is 10.3. The highest BCUT2D eigenvalue weighted by Crippen LogP contribution is 2.32. The summed E-state index contributed by atoms with van der Waals surface area (Å²) in [4.78, 5) is 38.5. The first-order valence-electron chi connectivity index (χ1n) is 11.8. The molecular formula is C28H31ClN2O6S. The van der Waals surface area contributed by atoms with E-state index in [1.807, 2.05) is 6.92 Å². The van der Waals surface area contributed by atoms with Crippen molar-refractivity contribution in [1.82, 2.24) is 9.88 Å². The van der Waals surface area contributed by atoms with Gasteiger partial charge in [-0.05, 0) is 68.1 Å². The molecular weight excluding hydrogens is 528 g/mol. The van der Waals surface area contributed by atoms with Gasteiger partial charge >= 0.3 is 6.09 Å². The first-order chi connectivity index (χ1) is 17.5. The molecule has 0 spiro atoms. The van der Waals surface area contributed by atoms with Gasteiger partial charge in [0.2, 0.25) is 0 Å². The Kier molecular flexibility index (Phi) is 8.53. The van der Waals surface area contributed by atoms with Crippen LogP contribution in [0.4, 0.5) is 4.79 Å². The zero-order chi connectivity index (χ0) is 28.4. The molecule has 0 atom stereocenters. The van der Waals surface area contributed by atoms with E-state index in [0.29, 0.717) is 22.3 Å². The fraction of sp³-hybridized carbons (Fsp3) is 0.321. The average Bonchev–Trinajstić information content (AvgIpc) is 2.77. The summed E-state index contributed by atoms with van der Waals surface area (Å²) in [6.07, 6.45) is 2.01. The number of rotatable bonds is 7. The number of sulfone groups is 1. The molecule has 3 aromatic rings. The number of halogens is 1. The SMILES string of the molecule is Cc1ccc(C(=O)c2ccc(CS(C)(=O)=O)cc2-c2cn(C)c(=O)cc2CNC(=O)OC(C)(C)C)c(Cl)c1. The third-order valence-corrected chi connectivity index (χ3v) is 6.72. The number of amides is 1. The van der Waals surface area contributed by atoms with Crippen molar-refractivity contribution >= 4 is 33.3 Å². The minimum absolute atomic E-state index is 0.0600. The molecule has 0 unspecified atom stereocenters. The van der Waals surface area contributed by atoms with Crippen LogP contribution in [0.2, 0.25) is 5.02 Å². The van der Waals surface area contributed by atoms with Crippen molar-refractivity contribution in [2.75, 3.05) is 6.26 Å². The lowest BCUT2D eigenvalue weighted by molar-refractivity contribution is 0.0523. The molecule has 38 heavy (non-hydrogen) atoms. The highest BCUT2D eigenvalue weighted by atomic mass is 35.5. The predicted molar refractivity (Wildman–Crippen MR) is 148 cm³/mol.